The summed E-state index contributed by atoms with van der Waals surface area (Å²) >= 11 is 0. The number of ether oxygens (including phenoxy) is 1. The third kappa shape index (κ3) is 2.66. The van der Waals surface area contributed by atoms with E-state index in [9.17, 15) is 14.0 Å². The number of aryl methyl sites for hydroxylation is 1. The molecule has 0 aromatic heterocycles. The predicted octanol–water partition coefficient (Wildman–Crippen LogP) is 2.08. The second-order valence-electron chi connectivity index (χ2n) is 3.29. The van der Waals surface area contributed by atoms with Crippen molar-refractivity contribution in [3.05, 3.63) is 35.4 Å². The molecule has 0 aliphatic heterocycles. The average Bonchev–Trinajstić information content (AvgIpc) is 2.28. The van der Waals surface area contributed by atoms with E-state index in [2.05, 4.69) is 4.74 Å². The molecule has 1 atom stereocenters. The van der Waals surface area contributed by atoms with Gasteiger partial charge in [0.25, 0.3) is 6.17 Å². The van der Waals surface area contributed by atoms with Gasteiger partial charge in [-0.25, -0.2) is 9.18 Å². The van der Waals surface area contributed by atoms with E-state index in [4.69, 9.17) is 0 Å². The molecule has 1 unspecified atom stereocenters. The smallest absolute Gasteiger partial charge is 0.348 e. The van der Waals surface area contributed by atoms with Gasteiger partial charge in [-0.15, -0.1) is 0 Å². The monoisotopic (exact) mass is 224 g/mol. The van der Waals surface area contributed by atoms with Gasteiger partial charge in [-0.05, 0) is 19.4 Å². The van der Waals surface area contributed by atoms with Crippen molar-refractivity contribution in [2.24, 2.45) is 0 Å². The summed E-state index contributed by atoms with van der Waals surface area (Å²) in [5, 5.41) is 0. The predicted molar refractivity (Wildman–Crippen MR) is 57.0 cm³/mol. The molecule has 4 heteroatoms. The summed E-state index contributed by atoms with van der Waals surface area (Å²) in [6.07, 6.45) is -2.24. The number of carbonyl (C=O) groups excluding carboxylic acids is 2. The molecule has 0 aliphatic carbocycles. The number of alkyl halides is 1. The second kappa shape index (κ2) is 5.39. The van der Waals surface area contributed by atoms with Crippen LogP contribution in [0.2, 0.25) is 0 Å². The lowest BCUT2D eigenvalue weighted by atomic mass is 10.0. The van der Waals surface area contributed by atoms with Gasteiger partial charge in [0.15, 0.2) is 0 Å². The molecule has 3 nitrogen and oxygen atoms in total. The molecule has 0 heterocycles. The molecule has 86 valence electrons. The molecule has 0 amide bonds. The van der Waals surface area contributed by atoms with Crippen molar-refractivity contribution in [3.63, 3.8) is 0 Å². The zero-order valence-electron chi connectivity index (χ0n) is 9.20. The fraction of sp³-hybridized carbons (Fsp3) is 0.333. The van der Waals surface area contributed by atoms with Gasteiger partial charge in [-0.3, -0.25) is 4.79 Å². The minimum absolute atomic E-state index is 0.0559. The van der Waals surface area contributed by atoms with Crippen LogP contribution in [0.25, 0.3) is 0 Å². The van der Waals surface area contributed by atoms with Crippen LogP contribution >= 0.6 is 0 Å². The minimum Gasteiger partial charge on any atom is -0.463 e. The molecule has 0 spiro atoms. The standard InChI is InChI=1S/C12H13FO3/c1-3-16-12(15)10(13)11(14)9-7-5-4-6-8(9)2/h4-7,10H,3H2,1-2H3. The van der Waals surface area contributed by atoms with Gasteiger partial charge in [0.2, 0.25) is 5.78 Å². The lowest BCUT2D eigenvalue weighted by molar-refractivity contribution is -0.147. The van der Waals surface area contributed by atoms with E-state index in [-0.39, 0.29) is 12.2 Å². The average molecular weight is 224 g/mol. The summed E-state index contributed by atoms with van der Waals surface area (Å²) in [7, 11) is 0. The number of hydrogen-bond acceptors (Lipinski definition) is 3. The SMILES string of the molecule is CCOC(=O)C(F)C(=O)c1ccccc1C. The summed E-state index contributed by atoms with van der Waals surface area (Å²) in [6.45, 7) is 3.30. The fourth-order valence-corrected chi connectivity index (χ4v) is 1.31. The van der Waals surface area contributed by atoms with Crippen LogP contribution in [0.5, 0.6) is 0 Å². The van der Waals surface area contributed by atoms with Crippen LogP contribution < -0.4 is 0 Å². The lowest BCUT2D eigenvalue weighted by Crippen LogP contribution is -2.28. The number of Topliss-reactive ketones (excluding diaryl/α,β-unsaturated/α-hetero) is 1. The van der Waals surface area contributed by atoms with E-state index in [1.165, 1.54) is 6.07 Å². The maximum atomic E-state index is 13.4. The maximum absolute atomic E-state index is 13.4. The lowest BCUT2D eigenvalue weighted by Gasteiger charge is -2.08. The zero-order chi connectivity index (χ0) is 12.1. The van der Waals surface area contributed by atoms with Crippen molar-refractivity contribution >= 4 is 11.8 Å². The van der Waals surface area contributed by atoms with Crippen LogP contribution in [0.15, 0.2) is 24.3 Å². The largest absolute Gasteiger partial charge is 0.463 e. The number of rotatable bonds is 4. The minimum atomic E-state index is -2.24. The quantitative estimate of drug-likeness (QED) is 0.447. The van der Waals surface area contributed by atoms with Crippen LogP contribution in [-0.4, -0.2) is 24.5 Å². The molecule has 0 fully saturated rings. The normalized spacial score (nSPS) is 11.9. The molecular formula is C12H13FO3. The fourth-order valence-electron chi connectivity index (χ4n) is 1.31. The molecule has 0 radical (unpaired) electrons. The van der Waals surface area contributed by atoms with Crippen molar-refractivity contribution in [3.8, 4) is 0 Å². The van der Waals surface area contributed by atoms with E-state index >= 15 is 0 Å². The van der Waals surface area contributed by atoms with E-state index < -0.39 is 17.9 Å². The summed E-state index contributed by atoms with van der Waals surface area (Å²) in [4.78, 5) is 22.7. The highest BCUT2D eigenvalue weighted by Crippen LogP contribution is 2.12. The molecule has 0 N–H and O–H groups in total. The Labute approximate surface area is 93.2 Å². The number of esters is 1. The number of halogens is 1. The first-order valence-corrected chi connectivity index (χ1v) is 4.98. The van der Waals surface area contributed by atoms with Crippen molar-refractivity contribution in [1.29, 1.82) is 0 Å². The Kier molecular flexibility index (Phi) is 4.17. The van der Waals surface area contributed by atoms with Crippen molar-refractivity contribution in [2.45, 2.75) is 20.0 Å². The Balaban J connectivity index is 2.86. The Bertz CT molecular complexity index is 401. The highest BCUT2D eigenvalue weighted by Gasteiger charge is 2.29. The zero-order valence-corrected chi connectivity index (χ0v) is 9.20. The third-order valence-corrected chi connectivity index (χ3v) is 2.13. The molecule has 0 saturated heterocycles. The van der Waals surface area contributed by atoms with Crippen LogP contribution in [0, 0.1) is 6.92 Å². The summed E-state index contributed by atoms with van der Waals surface area (Å²) < 4.78 is 17.9. The second-order valence-corrected chi connectivity index (χ2v) is 3.29. The number of carbonyl (C=O) groups is 2. The highest BCUT2D eigenvalue weighted by molar-refractivity contribution is 6.11. The van der Waals surface area contributed by atoms with Crippen LogP contribution in [0.1, 0.15) is 22.8 Å². The van der Waals surface area contributed by atoms with Crippen LogP contribution in [-0.2, 0) is 9.53 Å². The highest BCUT2D eigenvalue weighted by atomic mass is 19.1. The molecule has 1 rings (SSSR count). The molecule has 1 aromatic carbocycles. The molecular weight excluding hydrogens is 211 g/mol. The van der Waals surface area contributed by atoms with Gasteiger partial charge in [-0.1, -0.05) is 24.3 Å². The van der Waals surface area contributed by atoms with Crippen LogP contribution in [0.3, 0.4) is 0 Å². The topological polar surface area (TPSA) is 43.4 Å². The molecule has 0 saturated carbocycles. The van der Waals surface area contributed by atoms with Gasteiger partial charge >= 0.3 is 5.97 Å². The number of benzene rings is 1. The van der Waals surface area contributed by atoms with Gasteiger partial charge < -0.3 is 4.74 Å². The number of hydrogen-bond donors (Lipinski definition) is 0. The Morgan fingerprint density at radius 3 is 2.56 bits per heavy atom. The third-order valence-electron chi connectivity index (χ3n) is 2.13. The summed E-state index contributed by atoms with van der Waals surface area (Å²) in [5.74, 6) is -1.98. The van der Waals surface area contributed by atoms with Gasteiger partial charge in [-0.2, -0.15) is 0 Å². The van der Waals surface area contributed by atoms with E-state index in [1.807, 2.05) is 0 Å². The van der Waals surface area contributed by atoms with E-state index in [0.717, 1.165) is 0 Å². The van der Waals surface area contributed by atoms with Gasteiger partial charge in [0.05, 0.1) is 6.61 Å². The van der Waals surface area contributed by atoms with E-state index in [1.54, 1.807) is 32.0 Å². The first kappa shape index (κ1) is 12.4. The first-order chi connectivity index (χ1) is 7.57. The van der Waals surface area contributed by atoms with Crippen molar-refractivity contribution in [2.75, 3.05) is 6.61 Å². The van der Waals surface area contributed by atoms with Crippen LogP contribution in [0.4, 0.5) is 4.39 Å². The first-order valence-electron chi connectivity index (χ1n) is 4.98. The summed E-state index contributed by atoms with van der Waals surface area (Å²) in [5.41, 5.74) is 0.850. The molecule has 1 aromatic rings. The molecule has 0 bridgehead atoms. The van der Waals surface area contributed by atoms with Crippen molar-refractivity contribution in [1.82, 2.24) is 0 Å². The van der Waals surface area contributed by atoms with Gasteiger partial charge in [0.1, 0.15) is 0 Å². The Morgan fingerprint density at radius 2 is 2.00 bits per heavy atom. The summed E-state index contributed by atoms with van der Waals surface area (Å²) in [6, 6.07) is 6.54. The Morgan fingerprint density at radius 1 is 1.38 bits per heavy atom. The van der Waals surface area contributed by atoms with Crippen molar-refractivity contribution < 1.29 is 18.7 Å². The molecule has 16 heavy (non-hydrogen) atoms. The van der Waals surface area contributed by atoms with E-state index in [0.29, 0.717) is 5.56 Å². The van der Waals surface area contributed by atoms with Gasteiger partial charge in [0, 0.05) is 5.56 Å². The number of ketones is 1. The Hall–Kier alpha value is -1.71. The molecule has 0 aliphatic rings. The maximum Gasteiger partial charge on any atom is 0.348 e.